The van der Waals surface area contributed by atoms with Crippen molar-refractivity contribution < 1.29 is 0 Å². The van der Waals surface area contributed by atoms with Crippen LogP contribution in [0.15, 0.2) is 54.9 Å². The largest absolute Gasteiger partial charge is 0.294 e. The fraction of sp³-hybridized carbons (Fsp3) is 0.333. The second kappa shape index (κ2) is 5.99. The van der Waals surface area contributed by atoms with Crippen LogP contribution >= 0.6 is 0 Å². The first-order valence-corrected chi connectivity index (χ1v) is 8.71. The first-order valence-electron chi connectivity index (χ1n) is 8.71. The molecule has 122 valence electrons. The van der Waals surface area contributed by atoms with Gasteiger partial charge in [-0.2, -0.15) is 0 Å². The van der Waals surface area contributed by atoms with Crippen LogP contribution in [0.2, 0.25) is 0 Å². The van der Waals surface area contributed by atoms with Gasteiger partial charge in [0.25, 0.3) is 0 Å². The third-order valence-corrected chi connectivity index (χ3v) is 5.27. The summed E-state index contributed by atoms with van der Waals surface area (Å²) in [5.74, 6) is 0. The number of hydrogen-bond acceptors (Lipinski definition) is 3. The molecule has 3 nitrogen and oxygen atoms in total. The van der Waals surface area contributed by atoms with Gasteiger partial charge in [0.05, 0.1) is 11.0 Å². The van der Waals surface area contributed by atoms with E-state index < -0.39 is 0 Å². The van der Waals surface area contributed by atoms with Gasteiger partial charge in [-0.1, -0.05) is 24.3 Å². The molecule has 0 saturated carbocycles. The number of aromatic nitrogens is 2. The topological polar surface area (TPSA) is 29.0 Å². The maximum atomic E-state index is 4.43. The highest BCUT2D eigenvalue weighted by Crippen LogP contribution is 2.33. The summed E-state index contributed by atoms with van der Waals surface area (Å²) in [6, 6.07) is 15.3. The van der Waals surface area contributed by atoms with Crippen molar-refractivity contribution in [1.82, 2.24) is 14.9 Å². The molecule has 3 heteroatoms. The molecule has 0 radical (unpaired) electrons. The van der Waals surface area contributed by atoms with Gasteiger partial charge in [-0.3, -0.25) is 14.9 Å². The Morgan fingerprint density at radius 3 is 2.33 bits per heavy atom. The Labute approximate surface area is 143 Å². The summed E-state index contributed by atoms with van der Waals surface area (Å²) in [6.45, 7) is 7.07. The fourth-order valence-corrected chi connectivity index (χ4v) is 3.68. The summed E-state index contributed by atoms with van der Waals surface area (Å²) in [4.78, 5) is 11.4. The van der Waals surface area contributed by atoms with E-state index in [4.69, 9.17) is 0 Å². The molecular weight excluding hydrogens is 294 g/mol. The van der Waals surface area contributed by atoms with Gasteiger partial charge in [-0.05, 0) is 74.7 Å². The van der Waals surface area contributed by atoms with Crippen LogP contribution in [-0.4, -0.2) is 28.0 Å². The molecule has 0 spiro atoms. The molecule has 24 heavy (non-hydrogen) atoms. The molecule has 0 bridgehead atoms. The van der Waals surface area contributed by atoms with Gasteiger partial charge in [0.2, 0.25) is 0 Å². The van der Waals surface area contributed by atoms with E-state index in [1.165, 1.54) is 42.6 Å². The van der Waals surface area contributed by atoms with Crippen molar-refractivity contribution in [2.45, 2.75) is 32.2 Å². The van der Waals surface area contributed by atoms with E-state index in [1.807, 2.05) is 0 Å². The first kappa shape index (κ1) is 15.3. The highest BCUT2D eigenvalue weighted by Gasteiger charge is 2.30. The van der Waals surface area contributed by atoms with Gasteiger partial charge in [0.15, 0.2) is 0 Å². The van der Waals surface area contributed by atoms with E-state index in [0.29, 0.717) is 0 Å². The van der Waals surface area contributed by atoms with Crippen LogP contribution in [0.25, 0.3) is 22.2 Å². The van der Waals surface area contributed by atoms with Crippen LogP contribution in [0.5, 0.6) is 0 Å². The predicted molar refractivity (Wildman–Crippen MR) is 98.8 cm³/mol. The van der Waals surface area contributed by atoms with Gasteiger partial charge in [-0.15, -0.1) is 0 Å². The third kappa shape index (κ3) is 2.69. The van der Waals surface area contributed by atoms with Crippen molar-refractivity contribution >= 4 is 11.0 Å². The number of benzene rings is 2. The number of rotatable bonds is 3. The van der Waals surface area contributed by atoms with Crippen LogP contribution in [0.1, 0.15) is 32.3 Å². The Balaban J connectivity index is 1.73. The Morgan fingerprint density at radius 1 is 0.833 bits per heavy atom. The molecule has 2 aromatic carbocycles. The molecule has 0 atom stereocenters. The number of likely N-dealkylation sites (tertiary alicyclic amines) is 1. The van der Waals surface area contributed by atoms with Gasteiger partial charge in [0.1, 0.15) is 0 Å². The summed E-state index contributed by atoms with van der Waals surface area (Å²) < 4.78 is 0. The molecule has 2 heterocycles. The van der Waals surface area contributed by atoms with Crippen molar-refractivity contribution in [2.75, 3.05) is 13.1 Å². The lowest BCUT2D eigenvalue weighted by Gasteiger charge is -2.36. The monoisotopic (exact) mass is 317 g/mol. The minimum atomic E-state index is 0.0726. The molecule has 1 fully saturated rings. The normalized spacial score (nSPS) is 15.9. The summed E-state index contributed by atoms with van der Waals surface area (Å²) in [5, 5.41) is 0. The number of hydrogen-bond donors (Lipinski definition) is 0. The lowest BCUT2D eigenvalue weighted by atomic mass is 9.90. The SMILES string of the molecule is CC(C)(c1cccc(-c2ccc3nccnc3c2)c1)N1CCCC1. The van der Waals surface area contributed by atoms with E-state index in [1.54, 1.807) is 12.4 Å². The molecule has 4 rings (SSSR count). The molecule has 3 aromatic rings. The van der Waals surface area contributed by atoms with Crippen molar-refractivity contribution in [3.8, 4) is 11.1 Å². The third-order valence-electron chi connectivity index (χ3n) is 5.27. The van der Waals surface area contributed by atoms with Crippen molar-refractivity contribution in [3.63, 3.8) is 0 Å². The van der Waals surface area contributed by atoms with Gasteiger partial charge in [-0.25, -0.2) is 0 Å². The highest BCUT2D eigenvalue weighted by atomic mass is 15.2. The summed E-state index contributed by atoms with van der Waals surface area (Å²) in [6.07, 6.45) is 6.11. The van der Waals surface area contributed by atoms with Crippen molar-refractivity contribution in [2.24, 2.45) is 0 Å². The average molecular weight is 317 g/mol. The maximum Gasteiger partial charge on any atom is 0.0892 e. The molecule has 0 unspecified atom stereocenters. The first-order chi connectivity index (χ1) is 11.6. The average Bonchev–Trinajstić information content (AvgIpc) is 3.17. The van der Waals surface area contributed by atoms with Gasteiger partial charge >= 0.3 is 0 Å². The quantitative estimate of drug-likeness (QED) is 0.705. The molecule has 1 aliphatic rings. The second-order valence-corrected chi connectivity index (χ2v) is 7.09. The Morgan fingerprint density at radius 2 is 1.54 bits per heavy atom. The zero-order chi connectivity index (χ0) is 16.6. The predicted octanol–water partition coefficient (Wildman–Crippen LogP) is 4.63. The summed E-state index contributed by atoms with van der Waals surface area (Å²) in [5.41, 5.74) is 5.77. The molecule has 0 aliphatic carbocycles. The number of nitrogens with zero attached hydrogens (tertiary/aromatic N) is 3. The molecule has 1 aliphatic heterocycles. The molecule has 0 amide bonds. The summed E-state index contributed by atoms with van der Waals surface area (Å²) in [7, 11) is 0. The second-order valence-electron chi connectivity index (χ2n) is 7.09. The molecule has 1 saturated heterocycles. The van der Waals surface area contributed by atoms with E-state index in [2.05, 4.69) is 71.2 Å². The van der Waals surface area contributed by atoms with Crippen LogP contribution in [0.4, 0.5) is 0 Å². The zero-order valence-electron chi connectivity index (χ0n) is 14.4. The Hall–Kier alpha value is -2.26. The van der Waals surface area contributed by atoms with Gasteiger partial charge < -0.3 is 0 Å². The number of fused-ring (bicyclic) bond motifs is 1. The van der Waals surface area contributed by atoms with Crippen LogP contribution in [-0.2, 0) is 5.54 Å². The van der Waals surface area contributed by atoms with Gasteiger partial charge in [0, 0.05) is 17.9 Å². The van der Waals surface area contributed by atoms with Crippen molar-refractivity contribution in [3.05, 3.63) is 60.4 Å². The molecule has 0 N–H and O–H groups in total. The van der Waals surface area contributed by atoms with E-state index in [-0.39, 0.29) is 5.54 Å². The fourth-order valence-electron chi connectivity index (χ4n) is 3.68. The Kier molecular flexibility index (Phi) is 3.81. The minimum Gasteiger partial charge on any atom is -0.294 e. The van der Waals surface area contributed by atoms with Crippen LogP contribution < -0.4 is 0 Å². The van der Waals surface area contributed by atoms with E-state index >= 15 is 0 Å². The zero-order valence-corrected chi connectivity index (χ0v) is 14.4. The minimum absolute atomic E-state index is 0.0726. The van der Waals surface area contributed by atoms with E-state index in [9.17, 15) is 0 Å². The van der Waals surface area contributed by atoms with Crippen LogP contribution in [0.3, 0.4) is 0 Å². The highest BCUT2D eigenvalue weighted by molar-refractivity contribution is 5.81. The lowest BCUT2D eigenvalue weighted by Crippen LogP contribution is -2.39. The molecular formula is C21H23N3. The smallest absolute Gasteiger partial charge is 0.0892 e. The standard InChI is InChI=1S/C21H23N3/c1-21(2,24-12-3-4-13-24)18-7-5-6-16(14-18)17-8-9-19-20(15-17)23-11-10-22-19/h5-11,14-15H,3-4,12-13H2,1-2H3. The summed E-state index contributed by atoms with van der Waals surface area (Å²) >= 11 is 0. The van der Waals surface area contributed by atoms with Crippen molar-refractivity contribution in [1.29, 1.82) is 0 Å². The molecule has 1 aromatic heterocycles. The lowest BCUT2D eigenvalue weighted by molar-refractivity contribution is 0.155. The maximum absolute atomic E-state index is 4.43. The Bertz CT molecular complexity index is 864. The van der Waals surface area contributed by atoms with Crippen LogP contribution in [0, 0.1) is 0 Å². The van der Waals surface area contributed by atoms with E-state index in [0.717, 1.165) is 11.0 Å².